The van der Waals surface area contributed by atoms with Crippen molar-refractivity contribution in [2.45, 2.75) is 6.42 Å². The van der Waals surface area contributed by atoms with E-state index in [0.717, 1.165) is 11.3 Å². The molecule has 0 saturated heterocycles. The first kappa shape index (κ1) is 8.81. The molecular formula is C10H12O2. The molecule has 0 spiro atoms. The molecule has 1 N–H and O–H groups in total. The molecule has 1 rings (SSSR count). The van der Waals surface area contributed by atoms with E-state index in [0.29, 0.717) is 6.42 Å². The van der Waals surface area contributed by atoms with Gasteiger partial charge in [0.15, 0.2) is 0 Å². The van der Waals surface area contributed by atoms with Crippen molar-refractivity contribution < 1.29 is 9.84 Å². The van der Waals surface area contributed by atoms with Crippen LogP contribution >= 0.6 is 0 Å². The third-order valence-electron chi connectivity index (χ3n) is 1.54. The van der Waals surface area contributed by atoms with Gasteiger partial charge in [-0.05, 0) is 24.1 Å². The SMILES string of the molecule is C=COc1ccc(CCO)cc1. The van der Waals surface area contributed by atoms with Gasteiger partial charge in [0.2, 0.25) is 0 Å². The fourth-order valence-electron chi connectivity index (χ4n) is 0.960. The third-order valence-corrected chi connectivity index (χ3v) is 1.54. The van der Waals surface area contributed by atoms with Gasteiger partial charge in [-0.1, -0.05) is 18.7 Å². The van der Waals surface area contributed by atoms with E-state index in [1.807, 2.05) is 24.3 Å². The molecule has 2 nitrogen and oxygen atoms in total. The summed E-state index contributed by atoms with van der Waals surface area (Å²) < 4.78 is 5.04. The Balaban J connectivity index is 2.64. The van der Waals surface area contributed by atoms with E-state index in [-0.39, 0.29) is 6.61 Å². The first-order valence-electron chi connectivity index (χ1n) is 3.84. The summed E-state index contributed by atoms with van der Waals surface area (Å²) in [6.07, 6.45) is 2.08. The molecule has 0 radical (unpaired) electrons. The molecule has 1 aromatic rings. The van der Waals surface area contributed by atoms with Gasteiger partial charge in [0.05, 0.1) is 6.26 Å². The Labute approximate surface area is 72.1 Å². The summed E-state index contributed by atoms with van der Waals surface area (Å²) in [5.41, 5.74) is 1.11. The lowest BCUT2D eigenvalue weighted by atomic mass is 10.1. The average molecular weight is 164 g/mol. The number of ether oxygens (including phenoxy) is 1. The van der Waals surface area contributed by atoms with Gasteiger partial charge in [0.25, 0.3) is 0 Å². The lowest BCUT2D eigenvalue weighted by Crippen LogP contribution is -1.89. The molecule has 12 heavy (non-hydrogen) atoms. The lowest BCUT2D eigenvalue weighted by molar-refractivity contribution is 0.299. The Morgan fingerprint density at radius 1 is 1.33 bits per heavy atom. The third kappa shape index (κ3) is 2.40. The second kappa shape index (κ2) is 4.57. The summed E-state index contributed by atoms with van der Waals surface area (Å²) in [5, 5.41) is 8.64. The van der Waals surface area contributed by atoms with Gasteiger partial charge in [-0.25, -0.2) is 0 Å². The highest BCUT2D eigenvalue weighted by molar-refractivity contribution is 5.27. The zero-order valence-electron chi connectivity index (χ0n) is 6.86. The predicted molar refractivity (Wildman–Crippen MR) is 48.1 cm³/mol. The van der Waals surface area contributed by atoms with Crippen molar-refractivity contribution in [3.8, 4) is 5.75 Å². The molecule has 0 aromatic heterocycles. The number of aliphatic hydroxyl groups excluding tert-OH is 1. The van der Waals surface area contributed by atoms with Crippen molar-refractivity contribution in [3.05, 3.63) is 42.7 Å². The minimum Gasteiger partial charge on any atom is -0.466 e. The maximum atomic E-state index is 8.64. The maximum Gasteiger partial charge on any atom is 0.126 e. The molecular weight excluding hydrogens is 152 g/mol. The van der Waals surface area contributed by atoms with Gasteiger partial charge < -0.3 is 9.84 Å². The molecule has 0 atom stereocenters. The molecule has 1 aromatic carbocycles. The molecule has 0 saturated carbocycles. The van der Waals surface area contributed by atoms with E-state index in [2.05, 4.69) is 6.58 Å². The zero-order valence-corrected chi connectivity index (χ0v) is 6.86. The fourth-order valence-corrected chi connectivity index (χ4v) is 0.960. The van der Waals surface area contributed by atoms with Gasteiger partial charge in [0, 0.05) is 6.61 Å². The number of benzene rings is 1. The topological polar surface area (TPSA) is 29.5 Å². The van der Waals surface area contributed by atoms with E-state index in [4.69, 9.17) is 9.84 Å². The average Bonchev–Trinajstić information content (AvgIpc) is 2.09. The van der Waals surface area contributed by atoms with Crippen molar-refractivity contribution in [2.24, 2.45) is 0 Å². The van der Waals surface area contributed by atoms with E-state index in [1.165, 1.54) is 6.26 Å². The van der Waals surface area contributed by atoms with Crippen LogP contribution in [0.25, 0.3) is 0 Å². The highest BCUT2D eigenvalue weighted by Crippen LogP contribution is 2.12. The van der Waals surface area contributed by atoms with Gasteiger partial charge in [-0.15, -0.1) is 0 Å². The maximum absolute atomic E-state index is 8.64. The van der Waals surface area contributed by atoms with Crippen LogP contribution in [0.4, 0.5) is 0 Å². The van der Waals surface area contributed by atoms with E-state index in [1.54, 1.807) is 0 Å². The second-order valence-electron chi connectivity index (χ2n) is 2.40. The normalized spacial score (nSPS) is 9.42. The van der Waals surface area contributed by atoms with Crippen LogP contribution < -0.4 is 4.74 Å². The summed E-state index contributed by atoms with van der Waals surface area (Å²) in [7, 11) is 0. The summed E-state index contributed by atoms with van der Waals surface area (Å²) in [5.74, 6) is 0.770. The number of rotatable bonds is 4. The van der Waals surface area contributed by atoms with Crippen LogP contribution in [0.15, 0.2) is 37.1 Å². The molecule has 0 aliphatic rings. The van der Waals surface area contributed by atoms with Crippen LogP contribution in [-0.4, -0.2) is 11.7 Å². The van der Waals surface area contributed by atoms with E-state index < -0.39 is 0 Å². The van der Waals surface area contributed by atoms with Crippen molar-refractivity contribution >= 4 is 0 Å². The largest absolute Gasteiger partial charge is 0.466 e. The minimum absolute atomic E-state index is 0.182. The molecule has 0 amide bonds. The van der Waals surface area contributed by atoms with Gasteiger partial charge in [-0.3, -0.25) is 0 Å². The molecule has 64 valence electrons. The molecule has 0 aliphatic carbocycles. The van der Waals surface area contributed by atoms with Gasteiger partial charge in [-0.2, -0.15) is 0 Å². The molecule has 0 bridgehead atoms. The molecule has 0 aliphatic heterocycles. The van der Waals surface area contributed by atoms with Crippen molar-refractivity contribution in [1.82, 2.24) is 0 Å². The minimum atomic E-state index is 0.182. The zero-order chi connectivity index (χ0) is 8.81. The summed E-state index contributed by atoms with van der Waals surface area (Å²) in [4.78, 5) is 0. The molecule has 0 fully saturated rings. The molecule has 0 unspecified atom stereocenters. The number of hydrogen-bond donors (Lipinski definition) is 1. The summed E-state index contributed by atoms with van der Waals surface area (Å²) in [6.45, 7) is 3.63. The van der Waals surface area contributed by atoms with Crippen LogP contribution in [-0.2, 0) is 6.42 Å². The van der Waals surface area contributed by atoms with E-state index in [9.17, 15) is 0 Å². The van der Waals surface area contributed by atoms with Crippen LogP contribution in [0.3, 0.4) is 0 Å². The monoisotopic (exact) mass is 164 g/mol. The fraction of sp³-hybridized carbons (Fsp3) is 0.200. The van der Waals surface area contributed by atoms with Crippen molar-refractivity contribution in [3.63, 3.8) is 0 Å². The predicted octanol–water partition coefficient (Wildman–Crippen LogP) is 1.74. The molecule has 0 heterocycles. The first-order valence-corrected chi connectivity index (χ1v) is 3.84. The van der Waals surface area contributed by atoms with Crippen molar-refractivity contribution in [1.29, 1.82) is 0 Å². The van der Waals surface area contributed by atoms with Crippen LogP contribution in [0.2, 0.25) is 0 Å². The number of hydrogen-bond acceptors (Lipinski definition) is 2. The highest BCUT2D eigenvalue weighted by atomic mass is 16.5. The van der Waals surface area contributed by atoms with Gasteiger partial charge >= 0.3 is 0 Å². The lowest BCUT2D eigenvalue weighted by Gasteiger charge is -2.00. The van der Waals surface area contributed by atoms with Crippen LogP contribution in [0, 0.1) is 0 Å². The van der Waals surface area contributed by atoms with Crippen LogP contribution in [0.5, 0.6) is 5.75 Å². The van der Waals surface area contributed by atoms with Gasteiger partial charge in [0.1, 0.15) is 5.75 Å². The Bertz CT molecular complexity index is 239. The Morgan fingerprint density at radius 2 is 2.00 bits per heavy atom. The quantitative estimate of drug-likeness (QED) is 0.687. The smallest absolute Gasteiger partial charge is 0.126 e. The molecule has 2 heteroatoms. The van der Waals surface area contributed by atoms with Crippen LogP contribution in [0.1, 0.15) is 5.56 Å². The highest BCUT2D eigenvalue weighted by Gasteiger charge is 1.92. The van der Waals surface area contributed by atoms with Crippen molar-refractivity contribution in [2.75, 3.05) is 6.61 Å². The first-order chi connectivity index (χ1) is 5.86. The summed E-state index contributed by atoms with van der Waals surface area (Å²) in [6, 6.07) is 7.56. The second-order valence-corrected chi connectivity index (χ2v) is 2.40. The number of aliphatic hydroxyl groups is 1. The standard InChI is InChI=1S/C10H12O2/c1-2-12-10-5-3-9(4-6-10)7-8-11/h2-6,11H,1,7-8H2. The Morgan fingerprint density at radius 3 is 2.50 bits per heavy atom. The Kier molecular flexibility index (Phi) is 3.35. The van der Waals surface area contributed by atoms with E-state index >= 15 is 0 Å². The Hall–Kier alpha value is -1.28. The summed E-state index contributed by atoms with van der Waals surface area (Å²) >= 11 is 0.